The molecule has 1 fully saturated rings. The Hall–Kier alpha value is -1.17. The van der Waals surface area contributed by atoms with Gasteiger partial charge in [-0.15, -0.1) is 0 Å². The van der Waals surface area contributed by atoms with Crippen LogP contribution in [0.5, 0.6) is 5.75 Å². The molecular weight excluding hydrogens is 377 g/mol. The van der Waals surface area contributed by atoms with Crippen LogP contribution >= 0.6 is 34.8 Å². The molecule has 5 nitrogen and oxygen atoms in total. The fraction of sp³-hybridized carbons (Fsp3) is 0.500. The van der Waals surface area contributed by atoms with Gasteiger partial charge in [0, 0.05) is 10.9 Å². The van der Waals surface area contributed by atoms with Crippen molar-refractivity contribution in [1.82, 2.24) is 5.32 Å². The standard InChI is InChI=1S/C16H18Cl3NO4/c17-11-7-12(18)14(13(19)8-11)24-6-5-20-15(21)9-1-3-10(4-2-9)16(22)23/h7-10H,1-6H2,(H,20,21)(H,22,23). The summed E-state index contributed by atoms with van der Waals surface area (Å²) in [6.07, 6.45) is 2.27. The second-order valence-corrected chi connectivity index (χ2v) is 6.98. The maximum Gasteiger partial charge on any atom is 0.306 e. The number of halogens is 3. The summed E-state index contributed by atoms with van der Waals surface area (Å²) in [7, 11) is 0. The van der Waals surface area contributed by atoms with E-state index in [-0.39, 0.29) is 24.3 Å². The minimum Gasteiger partial charge on any atom is -0.489 e. The number of aliphatic carboxylic acids is 1. The van der Waals surface area contributed by atoms with Crippen molar-refractivity contribution in [1.29, 1.82) is 0 Å². The SMILES string of the molecule is O=C(O)C1CCC(C(=O)NCCOc2c(Cl)cc(Cl)cc2Cl)CC1. The van der Waals surface area contributed by atoms with Crippen molar-refractivity contribution in [3.63, 3.8) is 0 Å². The number of carbonyl (C=O) groups excluding carboxylic acids is 1. The van der Waals surface area contributed by atoms with Gasteiger partial charge in [-0.05, 0) is 37.8 Å². The number of nitrogens with one attached hydrogen (secondary N) is 1. The first-order valence-electron chi connectivity index (χ1n) is 7.66. The average molecular weight is 395 g/mol. The van der Waals surface area contributed by atoms with Crippen molar-refractivity contribution in [3.05, 3.63) is 27.2 Å². The smallest absolute Gasteiger partial charge is 0.306 e. The van der Waals surface area contributed by atoms with Crippen molar-refractivity contribution in [2.24, 2.45) is 11.8 Å². The van der Waals surface area contributed by atoms with Gasteiger partial charge in [0.1, 0.15) is 6.61 Å². The third-order valence-electron chi connectivity index (χ3n) is 4.06. The highest BCUT2D eigenvalue weighted by Crippen LogP contribution is 2.35. The lowest BCUT2D eigenvalue weighted by molar-refractivity contribution is -0.144. The normalized spacial score (nSPS) is 20.5. The lowest BCUT2D eigenvalue weighted by Crippen LogP contribution is -2.36. The zero-order valence-corrected chi connectivity index (χ0v) is 15.1. The Morgan fingerprint density at radius 1 is 1.08 bits per heavy atom. The Kier molecular flexibility index (Phi) is 7.02. The summed E-state index contributed by atoms with van der Waals surface area (Å²) in [5.41, 5.74) is 0. The zero-order chi connectivity index (χ0) is 17.7. The molecule has 0 aromatic heterocycles. The molecule has 1 aromatic rings. The third kappa shape index (κ3) is 5.16. The highest BCUT2D eigenvalue weighted by atomic mass is 35.5. The van der Waals surface area contributed by atoms with Crippen LogP contribution in [0.3, 0.4) is 0 Å². The van der Waals surface area contributed by atoms with E-state index in [0.717, 1.165) is 0 Å². The second-order valence-electron chi connectivity index (χ2n) is 5.72. The number of benzene rings is 1. The van der Waals surface area contributed by atoms with Crippen LogP contribution in [-0.2, 0) is 9.59 Å². The average Bonchev–Trinajstić information content (AvgIpc) is 2.53. The number of amides is 1. The summed E-state index contributed by atoms with van der Waals surface area (Å²) in [6, 6.07) is 3.06. The first-order chi connectivity index (χ1) is 11.4. The summed E-state index contributed by atoms with van der Waals surface area (Å²) in [5, 5.41) is 12.8. The van der Waals surface area contributed by atoms with E-state index in [2.05, 4.69) is 5.32 Å². The van der Waals surface area contributed by atoms with Crippen molar-refractivity contribution in [2.45, 2.75) is 25.7 Å². The quantitative estimate of drug-likeness (QED) is 0.714. The lowest BCUT2D eigenvalue weighted by atomic mass is 9.81. The summed E-state index contributed by atoms with van der Waals surface area (Å²) >= 11 is 17.8. The molecule has 0 bridgehead atoms. The van der Waals surface area contributed by atoms with Gasteiger partial charge in [0.2, 0.25) is 5.91 Å². The number of carbonyl (C=O) groups is 2. The number of rotatable bonds is 6. The molecular formula is C16H18Cl3NO4. The molecule has 1 aromatic carbocycles. The maximum absolute atomic E-state index is 12.1. The highest BCUT2D eigenvalue weighted by Gasteiger charge is 2.29. The topological polar surface area (TPSA) is 75.6 Å². The van der Waals surface area contributed by atoms with Crippen molar-refractivity contribution >= 4 is 46.7 Å². The zero-order valence-electron chi connectivity index (χ0n) is 12.9. The Balaban J connectivity index is 1.73. The molecule has 2 N–H and O–H groups in total. The summed E-state index contributed by atoms with van der Waals surface area (Å²) in [5.74, 6) is -0.983. The predicted molar refractivity (Wildman–Crippen MR) is 93.1 cm³/mol. The van der Waals surface area contributed by atoms with Gasteiger partial charge in [-0.25, -0.2) is 0 Å². The number of ether oxygens (including phenoxy) is 1. The van der Waals surface area contributed by atoms with Crippen molar-refractivity contribution in [3.8, 4) is 5.75 Å². The fourth-order valence-corrected chi connectivity index (χ4v) is 3.67. The second kappa shape index (κ2) is 8.79. The Bertz CT molecular complexity index is 592. The highest BCUT2D eigenvalue weighted by molar-refractivity contribution is 6.40. The number of carboxylic acids is 1. The monoisotopic (exact) mass is 393 g/mol. The molecule has 1 aliphatic carbocycles. The molecule has 132 valence electrons. The van der Waals surface area contributed by atoms with Crippen molar-refractivity contribution in [2.75, 3.05) is 13.2 Å². The minimum absolute atomic E-state index is 0.0734. The molecule has 1 saturated carbocycles. The first-order valence-corrected chi connectivity index (χ1v) is 8.79. The van der Waals surface area contributed by atoms with Gasteiger partial charge in [-0.3, -0.25) is 9.59 Å². The molecule has 0 heterocycles. The van der Waals surface area contributed by atoms with E-state index in [1.165, 1.54) is 12.1 Å². The van der Waals surface area contributed by atoms with E-state index >= 15 is 0 Å². The summed E-state index contributed by atoms with van der Waals surface area (Å²) < 4.78 is 5.49. The number of hydrogen-bond donors (Lipinski definition) is 2. The van der Waals surface area contributed by atoms with Crippen LogP contribution in [0.25, 0.3) is 0 Å². The van der Waals surface area contributed by atoms with Gasteiger partial charge in [0.05, 0.1) is 22.5 Å². The van der Waals surface area contributed by atoms with E-state index in [1.54, 1.807) is 0 Å². The third-order valence-corrected chi connectivity index (χ3v) is 4.84. The van der Waals surface area contributed by atoms with E-state index in [4.69, 9.17) is 44.6 Å². The Morgan fingerprint density at radius 2 is 1.62 bits per heavy atom. The van der Waals surface area contributed by atoms with Crippen LogP contribution in [0.1, 0.15) is 25.7 Å². The molecule has 1 aliphatic rings. The van der Waals surface area contributed by atoms with Gasteiger partial charge >= 0.3 is 5.97 Å². The van der Waals surface area contributed by atoms with Gasteiger partial charge in [-0.2, -0.15) is 0 Å². The fourth-order valence-electron chi connectivity index (χ4n) is 2.74. The molecule has 8 heteroatoms. The first kappa shape index (κ1) is 19.2. The van der Waals surface area contributed by atoms with Crippen molar-refractivity contribution < 1.29 is 19.4 Å². The number of hydrogen-bond acceptors (Lipinski definition) is 3. The van der Waals surface area contributed by atoms with E-state index < -0.39 is 5.97 Å². The molecule has 24 heavy (non-hydrogen) atoms. The maximum atomic E-state index is 12.1. The summed E-state index contributed by atoms with van der Waals surface area (Å²) in [6.45, 7) is 0.532. The summed E-state index contributed by atoms with van der Waals surface area (Å²) in [4.78, 5) is 23.0. The molecule has 0 spiro atoms. The minimum atomic E-state index is -0.779. The predicted octanol–water partition coefficient (Wildman–Crippen LogP) is 4.03. The molecule has 0 unspecified atom stereocenters. The van der Waals surface area contributed by atoms with Crippen LogP contribution in [-0.4, -0.2) is 30.1 Å². The van der Waals surface area contributed by atoms with Gasteiger partial charge < -0.3 is 15.2 Å². The van der Waals surface area contributed by atoms with E-state index in [1.807, 2.05) is 0 Å². The Morgan fingerprint density at radius 3 is 2.17 bits per heavy atom. The molecule has 0 radical (unpaired) electrons. The molecule has 1 amide bonds. The molecule has 0 saturated heterocycles. The molecule has 2 rings (SSSR count). The largest absolute Gasteiger partial charge is 0.489 e. The Labute approximate surface area is 155 Å². The molecule has 0 aliphatic heterocycles. The number of carboxylic acid groups (broad SMARTS) is 1. The van der Waals surface area contributed by atoms with E-state index in [0.29, 0.717) is 53.0 Å². The van der Waals surface area contributed by atoms with Gasteiger partial charge in [-0.1, -0.05) is 34.8 Å². The molecule has 0 atom stereocenters. The van der Waals surface area contributed by atoms with Crippen LogP contribution in [0.2, 0.25) is 15.1 Å². The van der Waals surface area contributed by atoms with Gasteiger partial charge in [0.25, 0.3) is 0 Å². The van der Waals surface area contributed by atoms with E-state index in [9.17, 15) is 9.59 Å². The lowest BCUT2D eigenvalue weighted by Gasteiger charge is -2.25. The van der Waals surface area contributed by atoms with Crippen LogP contribution < -0.4 is 10.1 Å². The van der Waals surface area contributed by atoms with Crippen LogP contribution in [0.15, 0.2) is 12.1 Å². The van der Waals surface area contributed by atoms with Crippen LogP contribution in [0, 0.1) is 11.8 Å². The van der Waals surface area contributed by atoms with Crippen LogP contribution in [0.4, 0.5) is 0 Å². The van der Waals surface area contributed by atoms with Gasteiger partial charge in [0.15, 0.2) is 5.75 Å².